The van der Waals surface area contributed by atoms with Gasteiger partial charge in [-0.15, -0.1) is 24.8 Å². The number of benzene rings is 1. The second kappa shape index (κ2) is 8.60. The molecule has 2 heterocycles. The van der Waals surface area contributed by atoms with Crippen molar-refractivity contribution in [1.82, 2.24) is 0 Å². The van der Waals surface area contributed by atoms with Gasteiger partial charge in [-0.25, -0.2) is 0 Å². The normalized spacial score (nSPS) is 21.6. The zero-order chi connectivity index (χ0) is 19.0. The topological polar surface area (TPSA) is 0 Å². The van der Waals surface area contributed by atoms with Gasteiger partial charge in [-0.1, -0.05) is 0 Å². The van der Waals surface area contributed by atoms with E-state index in [0.717, 1.165) is 0 Å². The molecule has 151 valence electrons. The third-order valence-electron chi connectivity index (χ3n) is 6.14. The number of rotatable bonds is 2. The second-order valence-electron chi connectivity index (χ2n) is 8.18. The maximum absolute atomic E-state index is 2.50. The molecule has 0 fully saturated rings. The van der Waals surface area contributed by atoms with Gasteiger partial charge in [-0.05, 0) is 0 Å². The van der Waals surface area contributed by atoms with Crippen LogP contribution < -0.4 is 14.9 Å². The number of thiophene rings is 1. The summed E-state index contributed by atoms with van der Waals surface area (Å²) in [6.07, 6.45) is 2.41. The van der Waals surface area contributed by atoms with Gasteiger partial charge in [0, 0.05) is 0 Å². The molecule has 1 aromatic heterocycles. The Labute approximate surface area is 210 Å². The van der Waals surface area contributed by atoms with Gasteiger partial charge in [-0.3, -0.25) is 0 Å². The molecule has 29 heavy (non-hydrogen) atoms. The second-order valence-corrected chi connectivity index (χ2v) is 14.9. The summed E-state index contributed by atoms with van der Waals surface area (Å²) in [5.41, 5.74) is 7.76. The first-order valence-corrected chi connectivity index (χ1v) is 15.5. The number of aryl methyl sites for hydroxylation is 1. The van der Waals surface area contributed by atoms with Crippen LogP contribution >= 0.6 is 47.9 Å². The summed E-state index contributed by atoms with van der Waals surface area (Å²) in [4.78, 5) is 3.13. The molecule has 0 spiro atoms. The molecule has 2 unspecified atom stereocenters. The average molecular weight is 556 g/mol. The monoisotopic (exact) mass is 553 g/mol. The Morgan fingerprint density at radius 1 is 1.00 bits per heavy atom. The number of hydrogen-bond donors (Lipinski definition) is 0. The van der Waals surface area contributed by atoms with E-state index in [9.17, 15) is 0 Å². The van der Waals surface area contributed by atoms with Gasteiger partial charge >= 0.3 is 188 Å². The van der Waals surface area contributed by atoms with Crippen molar-refractivity contribution >= 4 is 76.8 Å². The minimum Gasteiger partial charge on any atom is -0.147 e. The average Bonchev–Trinajstić information content (AvgIpc) is 3.28. The van der Waals surface area contributed by atoms with Crippen LogP contribution in [0.2, 0.25) is 13.1 Å². The summed E-state index contributed by atoms with van der Waals surface area (Å²) in [5.74, 6) is 0.449. The fourth-order valence-electron chi connectivity index (χ4n) is 5.15. The van der Waals surface area contributed by atoms with Gasteiger partial charge in [0.2, 0.25) is 0 Å². The molecule has 2 aliphatic carbocycles. The zero-order valence-corrected chi connectivity index (χ0v) is 24.1. The van der Waals surface area contributed by atoms with E-state index in [1.54, 1.807) is 63.9 Å². The van der Waals surface area contributed by atoms with Crippen molar-refractivity contribution in [3.63, 3.8) is 0 Å². The van der Waals surface area contributed by atoms with E-state index in [-0.39, 0.29) is 24.8 Å². The van der Waals surface area contributed by atoms with Crippen molar-refractivity contribution in [2.75, 3.05) is 0 Å². The van der Waals surface area contributed by atoms with Gasteiger partial charge in [-0.2, -0.15) is 0 Å². The number of thioether (sulfide) groups is 1. The minimum absolute atomic E-state index is 0. The molecule has 2 aromatic rings. The molecule has 5 rings (SSSR count). The van der Waals surface area contributed by atoms with E-state index in [2.05, 4.69) is 87.3 Å². The summed E-state index contributed by atoms with van der Waals surface area (Å²) < 4.78 is 3.32. The summed E-state index contributed by atoms with van der Waals surface area (Å²) in [6, 6.07) is 9.01. The van der Waals surface area contributed by atoms with Crippen molar-refractivity contribution in [2.24, 2.45) is 0 Å². The van der Waals surface area contributed by atoms with Crippen molar-refractivity contribution in [2.45, 2.75) is 45.0 Å². The summed E-state index contributed by atoms with van der Waals surface area (Å²) in [5, 5.41) is 4.01. The third kappa shape index (κ3) is 3.41. The quantitative estimate of drug-likeness (QED) is 0.470. The van der Waals surface area contributed by atoms with E-state index in [1.165, 1.54) is 16.7 Å². The Balaban J connectivity index is 0.00000120. The standard InChI is InChI=1S/C23H23S2Si.2ClH.Zr/c1-12-10-15-8-6-7-9-16(15)19(12)20-13(2)24-17-11-18-22(21(17)20)23(26(4)5)14(3)25-18;;;/h6-10,17,19,26H,1-5H3;2*1H;. The van der Waals surface area contributed by atoms with Gasteiger partial charge in [0.15, 0.2) is 0 Å². The van der Waals surface area contributed by atoms with Gasteiger partial charge in [0.1, 0.15) is 0 Å². The van der Waals surface area contributed by atoms with E-state index in [1.807, 2.05) is 0 Å². The molecule has 0 radical (unpaired) electrons. The van der Waals surface area contributed by atoms with Crippen LogP contribution in [0.4, 0.5) is 0 Å². The Kier molecular flexibility index (Phi) is 7.07. The van der Waals surface area contributed by atoms with Gasteiger partial charge in [0.05, 0.1) is 0 Å². The maximum Gasteiger partial charge on any atom is -0.147 e. The first-order chi connectivity index (χ1) is 12.9. The Morgan fingerprint density at radius 3 is 2.38 bits per heavy atom. The van der Waals surface area contributed by atoms with Crippen LogP contribution in [-0.4, -0.2) is 14.0 Å². The zero-order valence-electron chi connectivity index (χ0n) is 17.3. The van der Waals surface area contributed by atoms with E-state index < -0.39 is 8.80 Å². The van der Waals surface area contributed by atoms with E-state index in [4.69, 9.17) is 0 Å². The maximum atomic E-state index is 2.50. The van der Waals surface area contributed by atoms with Crippen molar-refractivity contribution < 1.29 is 24.7 Å². The first kappa shape index (κ1) is 23.8. The molecule has 0 bridgehead atoms. The predicted molar refractivity (Wildman–Crippen MR) is 135 cm³/mol. The fraction of sp³-hybridized carbons (Fsp3) is 0.304. The molecule has 0 amide bonds. The van der Waals surface area contributed by atoms with Crippen LogP contribution in [0.15, 0.2) is 40.3 Å². The molecule has 0 saturated heterocycles. The molecule has 1 aliphatic heterocycles. The van der Waals surface area contributed by atoms with Gasteiger partial charge < -0.3 is 0 Å². The van der Waals surface area contributed by atoms with Crippen LogP contribution in [0.3, 0.4) is 0 Å². The smallest absolute Gasteiger partial charge is 0.147 e. The van der Waals surface area contributed by atoms with Crippen molar-refractivity contribution in [3.8, 4) is 0 Å². The predicted octanol–water partition coefficient (Wildman–Crippen LogP) is 5.00. The number of allylic oxidation sites excluding steroid dienone is 3. The van der Waals surface area contributed by atoms with E-state index in [0.29, 0.717) is 11.2 Å². The van der Waals surface area contributed by atoms with Crippen LogP contribution in [-0.2, 0) is 24.7 Å². The Hall–Kier alpha value is 0.170. The third-order valence-corrected chi connectivity index (χ3v) is 12.9. The molecule has 1 aromatic carbocycles. The first-order valence-electron chi connectivity index (χ1n) is 9.64. The molecular weight excluding hydrogens is 531 g/mol. The Morgan fingerprint density at radius 2 is 1.69 bits per heavy atom. The molecular formula is C23H25Cl2S2SiZr. The molecule has 0 saturated carbocycles. The molecule has 6 heteroatoms. The van der Waals surface area contributed by atoms with Crippen LogP contribution in [0.25, 0.3) is 14.9 Å². The molecule has 3 aliphatic rings. The Bertz CT molecular complexity index is 1190. The number of halogens is 2. The molecule has 0 N–H and O–H groups in total. The number of fused-ring (bicyclic) bond motifs is 3. The van der Waals surface area contributed by atoms with Crippen LogP contribution in [0.5, 0.6) is 0 Å². The number of hydrogen-bond acceptors (Lipinski definition) is 2. The molecule has 0 nitrogen and oxygen atoms in total. The molecule has 2 atom stereocenters. The van der Waals surface area contributed by atoms with E-state index >= 15 is 0 Å². The SMILES string of the molecule is CC1=Cc2ccccc2C1C1=C(C)SC2[C]([Zr])=c3sc(C)c([SiH](C)C)c3=C12.Cl.Cl. The van der Waals surface area contributed by atoms with Gasteiger partial charge in [0.25, 0.3) is 0 Å². The van der Waals surface area contributed by atoms with Crippen LogP contribution in [0, 0.1) is 6.92 Å². The largest absolute Gasteiger partial charge is 0.147 e. The summed E-state index contributed by atoms with van der Waals surface area (Å²) >= 11 is 5.80. The minimum atomic E-state index is -0.868. The van der Waals surface area contributed by atoms with Crippen molar-refractivity contribution in [3.05, 3.63) is 66.1 Å². The summed E-state index contributed by atoms with van der Waals surface area (Å²) in [7, 11) is -0.868. The van der Waals surface area contributed by atoms with Crippen molar-refractivity contribution in [1.29, 1.82) is 0 Å². The van der Waals surface area contributed by atoms with Crippen LogP contribution in [0.1, 0.15) is 35.8 Å². The summed E-state index contributed by atoms with van der Waals surface area (Å²) in [6.45, 7) is 12.1. The fourth-order valence-corrected chi connectivity index (χ4v) is 11.7.